The standard InChI is InChI=1S/C26H37N5O3/c1-19-9-14-29(15-10-19)18-13-27-24(32)21-11-16-30(17-12-21)23-20(2)31(22-7-5-4-6-8-22)26(34)28(3)25(23)33/h4-8,19,21H,9-18H2,1-3H3,(H,27,32). The molecular formula is C26H37N5O3. The molecular weight excluding hydrogens is 430 g/mol. The SMILES string of the molecule is Cc1c(N2CCC(C(=O)NCCN3CCC(C)CC3)CC2)c(=O)n(C)c(=O)n1-c1ccccc1. The summed E-state index contributed by atoms with van der Waals surface area (Å²) in [4.78, 5) is 43.1. The lowest BCUT2D eigenvalue weighted by Crippen LogP contribution is -2.47. The Morgan fingerprint density at radius 2 is 1.65 bits per heavy atom. The third-order valence-electron chi connectivity index (χ3n) is 7.46. The zero-order valence-electron chi connectivity index (χ0n) is 20.6. The fourth-order valence-corrected chi connectivity index (χ4v) is 5.18. The fraction of sp³-hybridized carbons (Fsp3) is 0.577. The molecule has 8 nitrogen and oxygen atoms in total. The maximum atomic E-state index is 13.0. The molecule has 0 aliphatic carbocycles. The van der Waals surface area contributed by atoms with Crippen molar-refractivity contribution in [1.82, 2.24) is 19.4 Å². The van der Waals surface area contributed by atoms with Crippen molar-refractivity contribution >= 4 is 11.6 Å². The Labute approximate surface area is 201 Å². The summed E-state index contributed by atoms with van der Waals surface area (Å²) >= 11 is 0. The van der Waals surface area contributed by atoms with Crippen LogP contribution in [0.1, 0.15) is 38.3 Å². The Kier molecular flexibility index (Phi) is 7.56. The molecule has 0 bridgehead atoms. The number of anilines is 1. The minimum Gasteiger partial charge on any atom is -0.366 e. The monoisotopic (exact) mass is 467 g/mol. The predicted octanol–water partition coefficient (Wildman–Crippen LogP) is 1.91. The van der Waals surface area contributed by atoms with Gasteiger partial charge < -0.3 is 15.1 Å². The molecule has 0 spiro atoms. The third kappa shape index (κ3) is 5.12. The average Bonchev–Trinajstić information content (AvgIpc) is 2.85. The molecule has 1 aromatic carbocycles. The van der Waals surface area contributed by atoms with Crippen LogP contribution < -0.4 is 21.5 Å². The summed E-state index contributed by atoms with van der Waals surface area (Å²) in [5.74, 6) is 0.884. The van der Waals surface area contributed by atoms with Crippen LogP contribution in [0, 0.1) is 18.8 Å². The molecule has 2 fully saturated rings. The summed E-state index contributed by atoms with van der Waals surface area (Å²) in [6.07, 6.45) is 3.87. The minimum atomic E-state index is -0.352. The molecule has 0 radical (unpaired) electrons. The van der Waals surface area contributed by atoms with Crippen LogP contribution in [0.25, 0.3) is 5.69 Å². The van der Waals surface area contributed by atoms with E-state index in [1.807, 2.05) is 42.2 Å². The quantitative estimate of drug-likeness (QED) is 0.702. The minimum absolute atomic E-state index is 0.0400. The second-order valence-electron chi connectivity index (χ2n) is 9.83. The topological polar surface area (TPSA) is 79.6 Å². The van der Waals surface area contributed by atoms with Crippen molar-refractivity contribution in [2.24, 2.45) is 18.9 Å². The number of benzene rings is 1. The highest BCUT2D eigenvalue weighted by Crippen LogP contribution is 2.24. The summed E-state index contributed by atoms with van der Waals surface area (Å²) in [5.41, 5.74) is 1.28. The fourth-order valence-electron chi connectivity index (χ4n) is 5.18. The van der Waals surface area contributed by atoms with E-state index >= 15 is 0 Å². The van der Waals surface area contributed by atoms with Crippen molar-refractivity contribution < 1.29 is 4.79 Å². The Morgan fingerprint density at radius 1 is 1.00 bits per heavy atom. The number of rotatable bonds is 6. The van der Waals surface area contributed by atoms with E-state index in [1.165, 1.54) is 24.5 Å². The Morgan fingerprint density at radius 3 is 2.29 bits per heavy atom. The zero-order valence-corrected chi connectivity index (χ0v) is 20.6. The van der Waals surface area contributed by atoms with Crippen molar-refractivity contribution in [1.29, 1.82) is 0 Å². The van der Waals surface area contributed by atoms with Gasteiger partial charge in [-0.05, 0) is 63.7 Å². The van der Waals surface area contributed by atoms with E-state index in [4.69, 9.17) is 0 Å². The normalized spacial score (nSPS) is 18.3. The highest BCUT2D eigenvalue weighted by molar-refractivity contribution is 5.79. The number of nitrogens with zero attached hydrogens (tertiary/aromatic N) is 4. The molecule has 1 amide bonds. The van der Waals surface area contributed by atoms with Crippen molar-refractivity contribution in [2.75, 3.05) is 44.2 Å². The number of amides is 1. The lowest BCUT2D eigenvalue weighted by Gasteiger charge is -2.34. The number of para-hydroxylation sites is 1. The molecule has 2 saturated heterocycles. The van der Waals surface area contributed by atoms with Crippen LogP contribution in [0.5, 0.6) is 0 Å². The Hall–Kier alpha value is -2.87. The van der Waals surface area contributed by atoms with Crippen LogP contribution in [0.2, 0.25) is 0 Å². The second kappa shape index (κ2) is 10.6. The summed E-state index contributed by atoms with van der Waals surface area (Å²) in [6, 6.07) is 9.38. The first-order valence-corrected chi connectivity index (χ1v) is 12.5. The molecule has 0 atom stereocenters. The maximum absolute atomic E-state index is 13.0. The summed E-state index contributed by atoms with van der Waals surface area (Å²) in [7, 11) is 1.52. The molecule has 184 valence electrons. The first kappa shape index (κ1) is 24.3. The number of piperidine rings is 2. The van der Waals surface area contributed by atoms with E-state index in [-0.39, 0.29) is 23.1 Å². The number of nitrogens with one attached hydrogen (secondary N) is 1. The van der Waals surface area contributed by atoms with Crippen LogP contribution >= 0.6 is 0 Å². The van der Waals surface area contributed by atoms with E-state index < -0.39 is 0 Å². The summed E-state index contributed by atoms with van der Waals surface area (Å²) < 4.78 is 2.77. The number of carbonyl (C=O) groups excluding carboxylic acids is 1. The Balaban J connectivity index is 1.39. The van der Waals surface area contributed by atoms with Crippen LogP contribution in [0.4, 0.5) is 5.69 Å². The van der Waals surface area contributed by atoms with E-state index in [0.717, 1.165) is 31.2 Å². The van der Waals surface area contributed by atoms with Gasteiger partial charge in [-0.25, -0.2) is 4.79 Å². The van der Waals surface area contributed by atoms with Gasteiger partial charge >= 0.3 is 5.69 Å². The van der Waals surface area contributed by atoms with Gasteiger partial charge in [0.05, 0.1) is 11.4 Å². The summed E-state index contributed by atoms with van der Waals surface area (Å²) in [6.45, 7) is 9.20. The molecule has 1 N–H and O–H groups in total. The Bertz CT molecular complexity index is 1110. The molecule has 34 heavy (non-hydrogen) atoms. The van der Waals surface area contributed by atoms with Crippen molar-refractivity contribution in [3.8, 4) is 5.69 Å². The van der Waals surface area contributed by atoms with Crippen molar-refractivity contribution in [3.05, 3.63) is 56.9 Å². The molecule has 8 heteroatoms. The summed E-state index contributed by atoms with van der Waals surface area (Å²) in [5, 5.41) is 3.13. The van der Waals surface area contributed by atoms with Crippen LogP contribution in [0.15, 0.2) is 39.9 Å². The van der Waals surface area contributed by atoms with Gasteiger partial charge in [-0.1, -0.05) is 25.1 Å². The average molecular weight is 468 g/mol. The first-order chi connectivity index (χ1) is 16.4. The van der Waals surface area contributed by atoms with Crippen molar-refractivity contribution in [3.63, 3.8) is 0 Å². The molecule has 1 aromatic heterocycles. The maximum Gasteiger partial charge on any atom is 0.335 e. The van der Waals surface area contributed by atoms with E-state index in [9.17, 15) is 14.4 Å². The van der Waals surface area contributed by atoms with Crippen molar-refractivity contribution in [2.45, 2.75) is 39.5 Å². The van der Waals surface area contributed by atoms with E-state index in [0.29, 0.717) is 43.9 Å². The highest BCUT2D eigenvalue weighted by atomic mass is 16.2. The largest absolute Gasteiger partial charge is 0.366 e. The number of likely N-dealkylation sites (tertiary alicyclic amines) is 1. The van der Waals surface area contributed by atoms with Gasteiger partial charge in [0, 0.05) is 39.1 Å². The van der Waals surface area contributed by atoms with Gasteiger partial charge in [-0.2, -0.15) is 0 Å². The van der Waals surface area contributed by atoms with E-state index in [1.54, 1.807) is 4.57 Å². The number of carbonyl (C=O) groups is 1. The number of aromatic nitrogens is 2. The first-order valence-electron chi connectivity index (χ1n) is 12.5. The van der Waals surface area contributed by atoms with Gasteiger partial charge in [-0.15, -0.1) is 0 Å². The van der Waals surface area contributed by atoms with Crippen LogP contribution in [-0.2, 0) is 11.8 Å². The smallest absolute Gasteiger partial charge is 0.335 e. The molecule has 0 saturated carbocycles. The lowest BCUT2D eigenvalue weighted by molar-refractivity contribution is -0.125. The van der Waals surface area contributed by atoms with Gasteiger partial charge in [0.25, 0.3) is 5.56 Å². The molecule has 3 heterocycles. The van der Waals surface area contributed by atoms with Crippen LogP contribution in [0.3, 0.4) is 0 Å². The molecule has 2 aromatic rings. The van der Waals surface area contributed by atoms with Gasteiger partial charge in [-0.3, -0.25) is 18.7 Å². The second-order valence-corrected chi connectivity index (χ2v) is 9.83. The molecule has 2 aliphatic heterocycles. The van der Waals surface area contributed by atoms with Gasteiger partial charge in [0.2, 0.25) is 5.91 Å². The predicted molar refractivity (Wildman–Crippen MR) is 135 cm³/mol. The number of hydrogen-bond donors (Lipinski definition) is 1. The van der Waals surface area contributed by atoms with E-state index in [2.05, 4.69) is 17.1 Å². The molecule has 2 aliphatic rings. The lowest BCUT2D eigenvalue weighted by atomic mass is 9.95. The molecule has 0 unspecified atom stereocenters. The zero-order chi connectivity index (χ0) is 24.2. The van der Waals surface area contributed by atoms with Gasteiger partial charge in [0.1, 0.15) is 5.69 Å². The molecule has 4 rings (SSSR count). The van der Waals surface area contributed by atoms with Gasteiger partial charge in [0.15, 0.2) is 0 Å². The third-order valence-corrected chi connectivity index (χ3v) is 7.46. The number of hydrogen-bond acceptors (Lipinski definition) is 5. The highest BCUT2D eigenvalue weighted by Gasteiger charge is 2.28. The van der Waals surface area contributed by atoms with Crippen LogP contribution in [-0.4, -0.2) is 59.2 Å².